The Morgan fingerprint density at radius 2 is 1.81 bits per heavy atom. The van der Waals surface area contributed by atoms with E-state index in [2.05, 4.69) is 10.2 Å². The van der Waals surface area contributed by atoms with Gasteiger partial charge in [0.25, 0.3) is 5.89 Å². The van der Waals surface area contributed by atoms with Crippen LogP contribution in [0.1, 0.15) is 16.2 Å². The number of halogens is 1. The Hall–Kier alpha value is -3.45. The summed E-state index contributed by atoms with van der Waals surface area (Å²) >= 11 is 5.84. The number of rotatable bonds is 4. The average Bonchev–Trinajstić information content (AvgIpc) is 3.15. The third-order valence-electron chi connectivity index (χ3n) is 3.75. The Labute approximate surface area is 157 Å². The van der Waals surface area contributed by atoms with Gasteiger partial charge in [0.15, 0.2) is 6.61 Å². The first-order chi connectivity index (χ1) is 13.1. The molecule has 2 aromatic carbocycles. The highest BCUT2D eigenvalue weighted by Crippen LogP contribution is 2.20. The molecule has 0 radical (unpaired) electrons. The lowest BCUT2D eigenvalue weighted by molar-refractivity contribution is 0.0434. The van der Waals surface area contributed by atoms with Gasteiger partial charge in [-0.25, -0.2) is 9.59 Å². The van der Waals surface area contributed by atoms with Crippen LogP contribution < -0.4 is 5.63 Å². The van der Waals surface area contributed by atoms with E-state index < -0.39 is 11.6 Å². The summed E-state index contributed by atoms with van der Waals surface area (Å²) in [6.45, 7) is -0.272. The summed E-state index contributed by atoms with van der Waals surface area (Å²) in [4.78, 5) is 24.2. The maximum atomic E-state index is 12.2. The zero-order chi connectivity index (χ0) is 18.8. The van der Waals surface area contributed by atoms with Gasteiger partial charge in [-0.3, -0.25) is 0 Å². The zero-order valence-electron chi connectivity index (χ0n) is 13.7. The number of hydrogen-bond donors (Lipinski definition) is 0. The average molecular weight is 383 g/mol. The van der Waals surface area contributed by atoms with Crippen LogP contribution in [0.15, 0.2) is 68.2 Å². The zero-order valence-corrected chi connectivity index (χ0v) is 14.5. The first-order valence-corrected chi connectivity index (χ1v) is 8.26. The van der Waals surface area contributed by atoms with E-state index in [0.29, 0.717) is 21.6 Å². The molecule has 0 atom stereocenters. The lowest BCUT2D eigenvalue weighted by Crippen LogP contribution is -2.16. The van der Waals surface area contributed by atoms with E-state index in [9.17, 15) is 9.59 Å². The molecule has 0 saturated carbocycles. The van der Waals surface area contributed by atoms with E-state index in [-0.39, 0.29) is 24.0 Å². The molecule has 4 rings (SSSR count). The number of benzene rings is 2. The van der Waals surface area contributed by atoms with Crippen molar-refractivity contribution in [1.82, 2.24) is 10.2 Å². The SMILES string of the molecule is O=C(OCc1nnc(-c2ccc(Cl)cc2)o1)c1cc2ccccc2oc1=O. The predicted octanol–water partition coefficient (Wildman–Crippen LogP) is 3.85. The number of carbonyl (C=O) groups excluding carboxylic acids is 1. The fourth-order valence-electron chi connectivity index (χ4n) is 2.43. The highest BCUT2D eigenvalue weighted by molar-refractivity contribution is 6.30. The molecule has 8 heteroatoms. The lowest BCUT2D eigenvalue weighted by atomic mass is 10.2. The predicted molar refractivity (Wildman–Crippen MR) is 96.3 cm³/mol. The number of fused-ring (bicyclic) bond motifs is 1. The molecule has 0 spiro atoms. The van der Waals surface area contributed by atoms with Gasteiger partial charge in [0, 0.05) is 16.0 Å². The van der Waals surface area contributed by atoms with Crippen molar-refractivity contribution < 1.29 is 18.4 Å². The third-order valence-corrected chi connectivity index (χ3v) is 4.00. The number of para-hydroxylation sites is 1. The normalized spacial score (nSPS) is 10.9. The molecule has 7 nitrogen and oxygen atoms in total. The maximum Gasteiger partial charge on any atom is 0.351 e. The fraction of sp³-hybridized carbons (Fsp3) is 0.0526. The number of aromatic nitrogens is 2. The smallest absolute Gasteiger partial charge is 0.351 e. The number of carbonyl (C=O) groups is 1. The van der Waals surface area contributed by atoms with Gasteiger partial charge >= 0.3 is 11.6 Å². The van der Waals surface area contributed by atoms with Gasteiger partial charge in [-0.05, 0) is 36.4 Å². The minimum atomic E-state index is -0.833. The highest BCUT2D eigenvalue weighted by atomic mass is 35.5. The van der Waals surface area contributed by atoms with Crippen molar-refractivity contribution in [2.24, 2.45) is 0 Å². The molecule has 0 aliphatic heterocycles. The van der Waals surface area contributed by atoms with Gasteiger partial charge in [-0.1, -0.05) is 29.8 Å². The summed E-state index contributed by atoms with van der Waals surface area (Å²) in [6.07, 6.45) is 0. The Morgan fingerprint density at radius 1 is 1.04 bits per heavy atom. The molecule has 0 N–H and O–H groups in total. The van der Waals surface area contributed by atoms with Crippen LogP contribution in [-0.4, -0.2) is 16.2 Å². The summed E-state index contributed by atoms with van der Waals surface area (Å²) < 4.78 is 15.7. The van der Waals surface area contributed by atoms with Crippen LogP contribution in [0.2, 0.25) is 5.02 Å². The largest absolute Gasteiger partial charge is 0.452 e. The van der Waals surface area contributed by atoms with Gasteiger partial charge < -0.3 is 13.6 Å². The van der Waals surface area contributed by atoms with Gasteiger partial charge in [0.2, 0.25) is 5.89 Å². The molecule has 27 heavy (non-hydrogen) atoms. The lowest BCUT2D eigenvalue weighted by Gasteiger charge is -2.02. The molecule has 0 fully saturated rings. The molecule has 2 aromatic heterocycles. The Bertz CT molecular complexity index is 1180. The fourth-order valence-corrected chi connectivity index (χ4v) is 2.56. The van der Waals surface area contributed by atoms with E-state index in [0.717, 1.165) is 0 Å². The summed E-state index contributed by atoms with van der Waals surface area (Å²) in [5.74, 6) is -0.470. The monoisotopic (exact) mass is 382 g/mol. The standard InChI is InChI=1S/C19H11ClN2O5/c20-13-7-5-11(6-8-13)17-22-21-16(27-17)10-25-18(23)14-9-12-3-1-2-4-15(12)26-19(14)24/h1-9H,10H2. The number of hydrogen-bond acceptors (Lipinski definition) is 7. The molecule has 0 unspecified atom stereocenters. The number of ether oxygens (including phenoxy) is 1. The quantitative estimate of drug-likeness (QED) is 0.390. The second-order valence-corrected chi connectivity index (χ2v) is 6.01. The van der Waals surface area contributed by atoms with Crippen LogP contribution in [0.3, 0.4) is 0 Å². The second-order valence-electron chi connectivity index (χ2n) is 5.57. The van der Waals surface area contributed by atoms with Crippen molar-refractivity contribution in [2.75, 3.05) is 0 Å². The van der Waals surface area contributed by atoms with Crippen LogP contribution in [0.5, 0.6) is 0 Å². The van der Waals surface area contributed by atoms with Gasteiger partial charge in [0.05, 0.1) is 0 Å². The first kappa shape index (κ1) is 17.0. The first-order valence-electron chi connectivity index (χ1n) is 7.88. The van der Waals surface area contributed by atoms with Crippen molar-refractivity contribution in [3.8, 4) is 11.5 Å². The summed E-state index contributed by atoms with van der Waals surface area (Å²) in [7, 11) is 0. The van der Waals surface area contributed by atoms with E-state index in [4.69, 9.17) is 25.2 Å². The van der Waals surface area contributed by atoms with Gasteiger partial charge in [0.1, 0.15) is 11.1 Å². The molecular weight excluding hydrogens is 372 g/mol. The second kappa shape index (κ2) is 7.05. The molecule has 0 amide bonds. The van der Waals surface area contributed by atoms with Gasteiger partial charge in [-0.2, -0.15) is 0 Å². The van der Waals surface area contributed by atoms with Crippen LogP contribution in [0, 0.1) is 0 Å². The summed E-state index contributed by atoms with van der Waals surface area (Å²) in [6, 6.07) is 15.1. The Morgan fingerprint density at radius 3 is 2.63 bits per heavy atom. The van der Waals surface area contributed by atoms with Crippen LogP contribution in [-0.2, 0) is 11.3 Å². The van der Waals surface area contributed by atoms with Crippen molar-refractivity contribution in [1.29, 1.82) is 0 Å². The minimum absolute atomic E-state index is 0.0958. The number of nitrogens with zero attached hydrogens (tertiary/aromatic N) is 2. The summed E-state index contributed by atoms with van der Waals surface area (Å²) in [5, 5.41) is 8.92. The third kappa shape index (κ3) is 3.58. The van der Waals surface area contributed by atoms with Crippen molar-refractivity contribution >= 4 is 28.5 Å². The molecule has 0 bridgehead atoms. The maximum absolute atomic E-state index is 12.2. The molecular formula is C19H11ClN2O5. The molecule has 0 aliphatic rings. The Balaban J connectivity index is 1.49. The Kier molecular flexibility index (Phi) is 4.43. The van der Waals surface area contributed by atoms with Crippen molar-refractivity contribution in [3.63, 3.8) is 0 Å². The van der Waals surface area contributed by atoms with E-state index in [1.807, 2.05) is 0 Å². The van der Waals surface area contributed by atoms with E-state index in [1.165, 1.54) is 6.07 Å². The topological polar surface area (TPSA) is 95.4 Å². The number of esters is 1. The van der Waals surface area contributed by atoms with Crippen LogP contribution in [0.25, 0.3) is 22.4 Å². The molecule has 4 aromatic rings. The molecule has 2 heterocycles. The van der Waals surface area contributed by atoms with Crippen LogP contribution >= 0.6 is 11.6 Å². The summed E-state index contributed by atoms with van der Waals surface area (Å²) in [5.41, 5.74) is 0.0976. The van der Waals surface area contributed by atoms with Crippen LogP contribution in [0.4, 0.5) is 0 Å². The van der Waals surface area contributed by atoms with E-state index in [1.54, 1.807) is 48.5 Å². The minimum Gasteiger partial charge on any atom is -0.452 e. The van der Waals surface area contributed by atoms with Gasteiger partial charge in [-0.15, -0.1) is 10.2 Å². The molecule has 134 valence electrons. The van der Waals surface area contributed by atoms with Crippen molar-refractivity contribution in [3.05, 3.63) is 81.5 Å². The van der Waals surface area contributed by atoms with Crippen molar-refractivity contribution in [2.45, 2.75) is 6.61 Å². The van der Waals surface area contributed by atoms with E-state index >= 15 is 0 Å². The molecule has 0 aliphatic carbocycles. The molecule has 0 saturated heterocycles. The highest BCUT2D eigenvalue weighted by Gasteiger charge is 2.17.